The van der Waals surface area contributed by atoms with Crippen LogP contribution in [-0.2, 0) is 37.3 Å². The van der Waals surface area contributed by atoms with Crippen LogP contribution in [-0.4, -0.2) is 9.55 Å². The van der Waals surface area contributed by atoms with Gasteiger partial charge in [0.25, 0.3) is 0 Å². The van der Waals surface area contributed by atoms with E-state index in [1.54, 1.807) is 0 Å². The van der Waals surface area contributed by atoms with Gasteiger partial charge in [-0.25, -0.2) is 4.98 Å². The molecule has 0 fully saturated rings. The van der Waals surface area contributed by atoms with Gasteiger partial charge < -0.3 is 24.0 Å². The van der Waals surface area contributed by atoms with Crippen molar-refractivity contribution >= 4 is 62.0 Å². The van der Waals surface area contributed by atoms with E-state index < -0.39 is 0 Å². The molecular formula is C54H44N5OPtS-3. The monoisotopic (exact) mass is 1010 g/mol. The molecule has 0 spiro atoms. The van der Waals surface area contributed by atoms with E-state index in [0.717, 1.165) is 39.0 Å². The summed E-state index contributed by atoms with van der Waals surface area (Å²) in [6.07, 6.45) is 6.14. The number of aromatic nitrogens is 2. The molecule has 4 aliphatic rings. The number of pyridine rings is 1. The maximum Gasteiger partial charge on any atom is 0.135 e. The van der Waals surface area contributed by atoms with Gasteiger partial charge in [-0.2, -0.15) is 12.1 Å². The molecule has 0 N–H and O–H groups in total. The third-order valence-electron chi connectivity index (χ3n) is 13.3. The predicted molar refractivity (Wildman–Crippen MR) is 249 cm³/mol. The average molecular weight is 1010 g/mol. The smallest absolute Gasteiger partial charge is 0.135 e. The molecule has 6 heterocycles. The summed E-state index contributed by atoms with van der Waals surface area (Å²) < 4.78 is 8.75. The summed E-state index contributed by atoms with van der Waals surface area (Å²) in [6.45, 7) is 18.4. The molecule has 62 heavy (non-hydrogen) atoms. The first-order valence-electron chi connectivity index (χ1n) is 21.0. The van der Waals surface area contributed by atoms with Gasteiger partial charge >= 0.3 is 0 Å². The summed E-state index contributed by atoms with van der Waals surface area (Å²) in [4.78, 5) is 14.4. The fraction of sp³-hybridized carbons (Fsp3) is 0.185. The van der Waals surface area contributed by atoms with Gasteiger partial charge in [-0.1, -0.05) is 108 Å². The number of hydrogen-bond donors (Lipinski definition) is 0. The van der Waals surface area contributed by atoms with E-state index in [0.29, 0.717) is 11.5 Å². The molecule has 0 amide bonds. The van der Waals surface area contributed by atoms with Gasteiger partial charge in [0.05, 0.1) is 17.1 Å². The zero-order valence-corrected chi connectivity index (χ0v) is 38.7. The maximum absolute atomic E-state index is 6.56. The van der Waals surface area contributed by atoms with Crippen molar-refractivity contribution in [2.75, 3.05) is 14.7 Å². The van der Waals surface area contributed by atoms with E-state index >= 15 is 0 Å². The Morgan fingerprint density at radius 2 is 1.31 bits per heavy atom. The second-order valence-electron chi connectivity index (χ2n) is 18.7. The molecule has 0 atom stereocenters. The second-order valence-corrected chi connectivity index (χ2v) is 19.8. The van der Waals surface area contributed by atoms with Crippen molar-refractivity contribution in [1.82, 2.24) is 9.55 Å². The fourth-order valence-corrected chi connectivity index (χ4v) is 11.1. The third kappa shape index (κ3) is 5.63. The van der Waals surface area contributed by atoms with Crippen LogP contribution in [0.5, 0.6) is 11.5 Å². The summed E-state index contributed by atoms with van der Waals surface area (Å²) in [6, 6.07) is 48.6. The zero-order chi connectivity index (χ0) is 41.6. The van der Waals surface area contributed by atoms with Gasteiger partial charge in [-0.15, -0.1) is 48.1 Å². The number of benzene rings is 6. The minimum Gasteiger partial charge on any atom is -0.509 e. The van der Waals surface area contributed by atoms with Crippen LogP contribution in [0.4, 0.5) is 28.4 Å². The topological polar surface area (TPSA) is 36.8 Å². The summed E-state index contributed by atoms with van der Waals surface area (Å²) in [5.74, 6) is 2.09. The van der Waals surface area contributed by atoms with Gasteiger partial charge in [0.2, 0.25) is 0 Å². The van der Waals surface area contributed by atoms with Crippen LogP contribution in [0.1, 0.15) is 76.3 Å². The average Bonchev–Trinajstić information content (AvgIpc) is 3.88. The molecule has 310 valence electrons. The van der Waals surface area contributed by atoms with Crippen molar-refractivity contribution in [1.29, 1.82) is 0 Å². The number of anilines is 5. The third-order valence-corrected chi connectivity index (χ3v) is 14.4. The molecule has 0 saturated heterocycles. The normalized spacial score (nSPS) is 16.1. The van der Waals surface area contributed by atoms with Gasteiger partial charge in [0.15, 0.2) is 0 Å². The molecule has 8 aromatic rings. The molecule has 4 aliphatic heterocycles. The number of para-hydroxylation sites is 3. The number of nitrogens with zero attached hydrogens (tertiary/aromatic N) is 5. The van der Waals surface area contributed by atoms with Crippen LogP contribution in [0.3, 0.4) is 0 Å². The number of rotatable bonds is 5. The van der Waals surface area contributed by atoms with Crippen molar-refractivity contribution in [2.24, 2.45) is 0 Å². The minimum atomic E-state index is -0.202. The first-order valence-corrected chi connectivity index (χ1v) is 21.8. The van der Waals surface area contributed by atoms with Crippen molar-refractivity contribution in [2.45, 2.75) is 74.5 Å². The van der Waals surface area contributed by atoms with E-state index in [2.05, 4.69) is 196 Å². The molecule has 8 heteroatoms. The Bertz CT molecular complexity index is 3120. The molecule has 2 aromatic heterocycles. The number of fused-ring (bicyclic) bond motifs is 3. The predicted octanol–water partition coefficient (Wildman–Crippen LogP) is 14.0. The standard InChI is InChI=1S/C54H44N5OS.Pt/c1-52(2,3)33-23-24-55-48(27-33)58-44-18-9-8-15-38(44)39-22-21-37(31-45(39)58)60-36-14-10-13-34(28-36)56-25-26-57(32-56)35-29-42-49-43(30-35)54(6,7)41-17-12-20-47-51(41)59(49)50-40(53(42,4)5)16-11-19-46(50)61-47;/h8-27,29-30,32H,1-7H3;/q-3;. The number of ether oxygens (including phenoxy) is 1. The summed E-state index contributed by atoms with van der Waals surface area (Å²) in [7, 11) is 0. The molecule has 0 aliphatic carbocycles. The van der Waals surface area contributed by atoms with Crippen molar-refractivity contribution in [3.8, 4) is 17.3 Å². The Hall–Kier alpha value is -5.75. The Morgan fingerprint density at radius 1 is 0.645 bits per heavy atom. The Labute approximate surface area is 382 Å². The zero-order valence-electron chi connectivity index (χ0n) is 35.6. The van der Waals surface area contributed by atoms with Crippen molar-refractivity contribution < 1.29 is 25.8 Å². The Morgan fingerprint density at radius 3 is 2.02 bits per heavy atom. The minimum absolute atomic E-state index is 0. The van der Waals surface area contributed by atoms with Crippen LogP contribution >= 0.6 is 11.8 Å². The molecule has 6 nitrogen and oxygen atoms in total. The first-order chi connectivity index (χ1) is 29.4. The van der Waals surface area contributed by atoms with Gasteiger partial charge in [0.1, 0.15) is 5.82 Å². The molecule has 0 radical (unpaired) electrons. The fourth-order valence-electron chi connectivity index (χ4n) is 9.98. The van der Waals surface area contributed by atoms with Crippen LogP contribution in [0, 0.1) is 18.8 Å². The Balaban J connectivity index is 0.00000432. The van der Waals surface area contributed by atoms with Crippen LogP contribution in [0.25, 0.3) is 27.6 Å². The molecule has 0 unspecified atom stereocenters. The van der Waals surface area contributed by atoms with Gasteiger partial charge in [0, 0.05) is 70.6 Å². The molecule has 12 rings (SSSR count). The molecular weight excluding hydrogens is 962 g/mol. The summed E-state index contributed by atoms with van der Waals surface area (Å²) in [5, 5.41) is 2.25. The van der Waals surface area contributed by atoms with E-state index in [1.807, 2.05) is 36.2 Å². The van der Waals surface area contributed by atoms with Crippen molar-refractivity contribution in [3.63, 3.8) is 0 Å². The SMILES string of the molecule is CC(C)(C)c1ccnc(-n2c3[c-]c(Oc4[c-]c(N5C=CN(c6cc7c8c(c6)C(C)(C)c6cccc9c6N8c6c(cccc6C7(C)C)S9)[CH-]5)ccc4)ccc3c3ccccc32)c1.[Pt]. The van der Waals surface area contributed by atoms with Gasteiger partial charge in [-0.05, 0) is 93.5 Å². The van der Waals surface area contributed by atoms with Crippen LogP contribution in [0.2, 0.25) is 0 Å². The van der Waals surface area contributed by atoms with Crippen LogP contribution in [0.15, 0.2) is 144 Å². The molecule has 0 saturated carbocycles. The summed E-state index contributed by atoms with van der Waals surface area (Å²) in [5.41, 5.74) is 14.3. The van der Waals surface area contributed by atoms with E-state index in [-0.39, 0.29) is 37.3 Å². The first kappa shape index (κ1) is 39.1. The Kier molecular flexibility index (Phi) is 8.60. The van der Waals surface area contributed by atoms with E-state index in [9.17, 15) is 0 Å². The molecule has 6 aromatic carbocycles. The largest absolute Gasteiger partial charge is 0.509 e. The quantitative estimate of drug-likeness (QED) is 0.160. The van der Waals surface area contributed by atoms with Crippen molar-refractivity contribution in [3.05, 3.63) is 180 Å². The van der Waals surface area contributed by atoms with Crippen LogP contribution < -0.4 is 19.4 Å². The van der Waals surface area contributed by atoms with E-state index in [1.165, 1.54) is 54.7 Å². The second kappa shape index (κ2) is 13.6. The number of hydrogen-bond acceptors (Lipinski definition) is 6. The molecule has 0 bridgehead atoms. The summed E-state index contributed by atoms with van der Waals surface area (Å²) >= 11 is 1.91. The van der Waals surface area contributed by atoms with E-state index in [4.69, 9.17) is 9.72 Å². The van der Waals surface area contributed by atoms with Gasteiger partial charge in [-0.3, -0.25) is 0 Å². The maximum atomic E-state index is 6.56.